The minimum Gasteiger partial charge on any atom is -0.350 e. The van der Waals surface area contributed by atoms with Crippen molar-refractivity contribution in [2.75, 3.05) is 6.26 Å². The number of aryl methyl sites for hydroxylation is 2. The number of rotatable bonds is 7. The van der Waals surface area contributed by atoms with E-state index in [0.717, 1.165) is 28.7 Å². The van der Waals surface area contributed by atoms with Crippen molar-refractivity contribution < 1.29 is 13.2 Å². The standard InChI is InChI=1S/C26H24F3N5O2S/c1-33-12-20(16-6-4-5-15(7-16)14-37-3)18(9-23(33)35)21-13-34(2)25(36)24-19(21)8-22(32-24)17(10-30)11-31-26(27,28)29/h4-13,30-32H,14H2,1-3H3/b17-11+,30-10?. The van der Waals surface area contributed by atoms with Crippen molar-refractivity contribution in [2.45, 2.75) is 12.1 Å². The third-order valence-corrected chi connectivity index (χ3v) is 6.51. The van der Waals surface area contributed by atoms with Gasteiger partial charge in [-0.1, -0.05) is 24.3 Å². The van der Waals surface area contributed by atoms with Crippen LogP contribution < -0.4 is 16.4 Å². The van der Waals surface area contributed by atoms with Gasteiger partial charge in [0.25, 0.3) is 11.1 Å². The minimum atomic E-state index is -4.68. The molecule has 192 valence electrons. The van der Waals surface area contributed by atoms with Crippen molar-refractivity contribution in [1.29, 1.82) is 5.41 Å². The van der Waals surface area contributed by atoms with E-state index in [9.17, 15) is 22.8 Å². The van der Waals surface area contributed by atoms with E-state index < -0.39 is 11.9 Å². The molecule has 3 N–H and O–H groups in total. The molecular weight excluding hydrogens is 503 g/mol. The largest absolute Gasteiger partial charge is 0.481 e. The van der Waals surface area contributed by atoms with Crippen LogP contribution in [0.15, 0.2) is 64.6 Å². The molecule has 4 rings (SSSR count). The number of allylic oxidation sites excluding steroid dienone is 1. The summed E-state index contributed by atoms with van der Waals surface area (Å²) in [6.45, 7) is 0. The first-order valence-electron chi connectivity index (χ1n) is 11.1. The Morgan fingerprint density at radius 3 is 2.49 bits per heavy atom. The van der Waals surface area contributed by atoms with Crippen molar-refractivity contribution in [1.82, 2.24) is 19.4 Å². The minimum absolute atomic E-state index is 0.101. The molecule has 0 fully saturated rings. The second kappa shape index (κ2) is 10.2. The molecule has 0 spiro atoms. The van der Waals surface area contributed by atoms with Crippen LogP contribution in [0, 0.1) is 5.41 Å². The maximum Gasteiger partial charge on any atom is 0.481 e. The monoisotopic (exact) mass is 527 g/mol. The van der Waals surface area contributed by atoms with Gasteiger partial charge in [-0.3, -0.25) is 9.59 Å². The fraction of sp³-hybridized carbons (Fsp3) is 0.192. The Bertz CT molecular complexity index is 1650. The third kappa shape index (κ3) is 5.41. The lowest BCUT2D eigenvalue weighted by Gasteiger charge is -2.14. The Balaban J connectivity index is 2.00. The number of hydrogen-bond acceptors (Lipinski definition) is 5. The highest BCUT2D eigenvalue weighted by Gasteiger charge is 2.25. The molecular formula is C26H24F3N5O2S. The number of nitrogens with zero attached hydrogens (tertiary/aromatic N) is 2. The third-order valence-electron chi connectivity index (χ3n) is 5.89. The molecule has 0 atom stereocenters. The number of benzene rings is 1. The van der Waals surface area contributed by atoms with Gasteiger partial charge in [0.05, 0.1) is 0 Å². The maximum absolute atomic E-state index is 12.9. The number of pyridine rings is 2. The van der Waals surface area contributed by atoms with Crippen LogP contribution in [-0.2, 0) is 19.8 Å². The Morgan fingerprint density at radius 1 is 1.08 bits per heavy atom. The molecule has 4 aromatic rings. The zero-order chi connectivity index (χ0) is 26.9. The van der Waals surface area contributed by atoms with E-state index in [1.165, 1.54) is 26.6 Å². The summed E-state index contributed by atoms with van der Waals surface area (Å²) in [5, 5.41) is 9.30. The first-order valence-corrected chi connectivity index (χ1v) is 12.5. The quantitative estimate of drug-likeness (QED) is 0.236. The highest BCUT2D eigenvalue weighted by atomic mass is 32.2. The van der Waals surface area contributed by atoms with Gasteiger partial charge in [-0.15, -0.1) is 0 Å². The number of thioether (sulfide) groups is 1. The Labute approximate surface area is 214 Å². The molecule has 3 aromatic heterocycles. The van der Waals surface area contributed by atoms with E-state index >= 15 is 0 Å². The molecule has 37 heavy (non-hydrogen) atoms. The summed E-state index contributed by atoms with van der Waals surface area (Å²) in [4.78, 5) is 28.5. The Hall–Kier alpha value is -3.99. The first kappa shape index (κ1) is 26.1. The van der Waals surface area contributed by atoms with E-state index in [1.54, 1.807) is 38.3 Å². The number of aromatic nitrogens is 3. The van der Waals surface area contributed by atoms with Crippen LogP contribution in [0.3, 0.4) is 0 Å². The van der Waals surface area contributed by atoms with Crippen LogP contribution in [0.25, 0.3) is 38.7 Å². The topological polar surface area (TPSA) is 95.7 Å². The van der Waals surface area contributed by atoms with Gasteiger partial charge in [0, 0.05) is 78.5 Å². The Morgan fingerprint density at radius 2 is 1.81 bits per heavy atom. The lowest BCUT2D eigenvalue weighted by molar-refractivity contribution is -0.146. The first-order chi connectivity index (χ1) is 17.5. The van der Waals surface area contributed by atoms with E-state index in [4.69, 9.17) is 5.41 Å². The molecule has 0 aliphatic heterocycles. The molecule has 0 amide bonds. The number of hydrogen-bond donors (Lipinski definition) is 3. The van der Waals surface area contributed by atoms with Crippen LogP contribution >= 0.6 is 11.8 Å². The second-order valence-corrected chi connectivity index (χ2v) is 9.37. The van der Waals surface area contributed by atoms with Gasteiger partial charge in [-0.05, 0) is 29.0 Å². The molecule has 3 heterocycles. The van der Waals surface area contributed by atoms with Gasteiger partial charge in [0.1, 0.15) is 5.52 Å². The van der Waals surface area contributed by atoms with Crippen molar-refractivity contribution in [3.8, 4) is 22.3 Å². The van der Waals surface area contributed by atoms with Crippen LogP contribution in [0.4, 0.5) is 13.2 Å². The average molecular weight is 528 g/mol. The number of aromatic amines is 1. The van der Waals surface area contributed by atoms with Crippen molar-refractivity contribution in [3.63, 3.8) is 0 Å². The summed E-state index contributed by atoms with van der Waals surface area (Å²) < 4.78 is 40.9. The second-order valence-electron chi connectivity index (χ2n) is 8.50. The van der Waals surface area contributed by atoms with E-state index in [1.807, 2.05) is 30.5 Å². The molecule has 0 saturated carbocycles. The smallest absolute Gasteiger partial charge is 0.350 e. The number of nitrogens with one attached hydrogen (secondary N) is 3. The number of H-pyrrole nitrogens is 1. The van der Waals surface area contributed by atoms with Crippen molar-refractivity contribution >= 4 is 34.5 Å². The summed E-state index contributed by atoms with van der Waals surface area (Å²) >= 11 is 1.69. The lowest BCUT2D eigenvalue weighted by atomic mass is 9.94. The van der Waals surface area contributed by atoms with Crippen LogP contribution in [0.5, 0.6) is 0 Å². The highest BCUT2D eigenvalue weighted by molar-refractivity contribution is 7.97. The molecule has 0 radical (unpaired) electrons. The zero-order valence-corrected chi connectivity index (χ0v) is 21.1. The van der Waals surface area contributed by atoms with Gasteiger partial charge >= 0.3 is 6.30 Å². The van der Waals surface area contributed by atoms with Gasteiger partial charge in [0.15, 0.2) is 0 Å². The van der Waals surface area contributed by atoms with E-state index in [0.29, 0.717) is 22.7 Å². The van der Waals surface area contributed by atoms with E-state index in [-0.39, 0.29) is 22.3 Å². The molecule has 1 aromatic carbocycles. The summed E-state index contributed by atoms with van der Waals surface area (Å²) in [5.41, 5.74) is 3.42. The highest BCUT2D eigenvalue weighted by Crippen LogP contribution is 2.36. The van der Waals surface area contributed by atoms with Gasteiger partial charge in [-0.25, -0.2) is 0 Å². The van der Waals surface area contributed by atoms with Gasteiger partial charge < -0.3 is 24.8 Å². The number of halogens is 3. The normalized spacial score (nSPS) is 12.2. The van der Waals surface area contributed by atoms with Crippen molar-refractivity contribution in [2.24, 2.45) is 14.1 Å². The summed E-state index contributed by atoms with van der Waals surface area (Å²) in [6.07, 6.45) is 2.09. The van der Waals surface area contributed by atoms with Crippen LogP contribution in [0.2, 0.25) is 0 Å². The SMILES string of the molecule is CSCc1cccc(-c2cn(C)c(=O)cc2-c2cn(C)c(=O)c3[nH]c(/C(C=N)=C/NC(F)(F)F)cc23)c1. The average Bonchev–Trinajstić information content (AvgIpc) is 3.28. The predicted octanol–water partition coefficient (Wildman–Crippen LogP) is 4.86. The number of fused-ring (bicyclic) bond motifs is 1. The van der Waals surface area contributed by atoms with Crippen LogP contribution in [-0.4, -0.2) is 32.9 Å². The summed E-state index contributed by atoms with van der Waals surface area (Å²) in [7, 11) is 3.21. The predicted molar refractivity (Wildman–Crippen MR) is 143 cm³/mol. The maximum atomic E-state index is 12.9. The summed E-state index contributed by atoms with van der Waals surface area (Å²) in [5.74, 6) is 0.810. The number of alkyl halides is 3. The fourth-order valence-electron chi connectivity index (χ4n) is 4.14. The molecule has 0 aliphatic rings. The fourth-order valence-corrected chi connectivity index (χ4v) is 4.65. The van der Waals surface area contributed by atoms with Gasteiger partial charge in [-0.2, -0.15) is 24.9 Å². The Kier molecular flexibility index (Phi) is 7.17. The van der Waals surface area contributed by atoms with Gasteiger partial charge in [0.2, 0.25) is 0 Å². The van der Waals surface area contributed by atoms with Crippen molar-refractivity contribution in [3.05, 3.63) is 87.0 Å². The van der Waals surface area contributed by atoms with E-state index in [2.05, 4.69) is 4.98 Å². The van der Waals surface area contributed by atoms with Crippen LogP contribution in [0.1, 0.15) is 11.3 Å². The molecule has 0 bridgehead atoms. The molecule has 0 saturated heterocycles. The molecule has 7 nitrogen and oxygen atoms in total. The molecule has 0 unspecified atom stereocenters. The lowest BCUT2D eigenvalue weighted by Crippen LogP contribution is -2.26. The molecule has 11 heteroatoms. The summed E-state index contributed by atoms with van der Waals surface area (Å²) in [6, 6.07) is 10.9. The zero-order valence-electron chi connectivity index (χ0n) is 20.2. The molecule has 0 aliphatic carbocycles.